The van der Waals surface area contributed by atoms with Gasteiger partial charge in [-0.25, -0.2) is 4.98 Å². The maximum atomic E-state index is 13.0. The van der Waals surface area contributed by atoms with E-state index in [4.69, 9.17) is 10.5 Å². The molecule has 0 spiro atoms. The molecule has 0 aliphatic heterocycles. The zero-order valence-corrected chi connectivity index (χ0v) is 24.3. The van der Waals surface area contributed by atoms with Crippen LogP contribution < -0.4 is 10.5 Å². The van der Waals surface area contributed by atoms with Crippen LogP contribution in [0.2, 0.25) is 0 Å². The van der Waals surface area contributed by atoms with E-state index in [2.05, 4.69) is 41.1 Å². The molecule has 2 aliphatic rings. The molecule has 2 aliphatic carbocycles. The normalized spacial score (nSPS) is 21.1. The third-order valence-electron chi connectivity index (χ3n) is 8.85. The van der Waals surface area contributed by atoms with Crippen LogP contribution in [-0.4, -0.2) is 41.9 Å². The highest BCUT2D eigenvalue weighted by molar-refractivity contribution is 7.15. The molecule has 5 rings (SSSR count). The summed E-state index contributed by atoms with van der Waals surface area (Å²) in [6, 6.07) is 16.8. The van der Waals surface area contributed by atoms with Gasteiger partial charge in [-0.15, -0.1) is 11.3 Å². The number of nitrogens with two attached hydrogens (primary N) is 1. The standard InChI is InChI=1S/C33H43N3O2S/c1-3-19-36(28-14-17-30-32(22-28)39-33(34)35-30)20-18-23-4-6-24(7-5-23)21-31(37)27-10-8-25(9-11-27)26-12-15-29(38-2)16-13-26/h8-13,15-16,23-24,28H,3-7,14,17-22H2,1-2H3,(H2,34,35)/t23?,24?,28-/m0/s1. The molecule has 5 nitrogen and oxygen atoms in total. The fraction of sp³-hybridized carbons (Fsp3) is 0.515. The number of fused-ring (bicyclic) bond motifs is 1. The maximum absolute atomic E-state index is 13.0. The summed E-state index contributed by atoms with van der Waals surface area (Å²) in [5, 5.41) is 0.725. The average molecular weight is 546 g/mol. The van der Waals surface area contributed by atoms with Gasteiger partial charge in [0.2, 0.25) is 0 Å². The first-order valence-electron chi connectivity index (χ1n) is 14.8. The maximum Gasteiger partial charge on any atom is 0.180 e. The molecule has 1 heterocycles. The summed E-state index contributed by atoms with van der Waals surface area (Å²) in [4.78, 5) is 21.7. The van der Waals surface area contributed by atoms with Crippen molar-refractivity contribution in [3.63, 3.8) is 0 Å². The van der Waals surface area contributed by atoms with Crippen molar-refractivity contribution >= 4 is 22.3 Å². The van der Waals surface area contributed by atoms with Crippen molar-refractivity contribution in [1.29, 1.82) is 0 Å². The first-order chi connectivity index (χ1) is 19.0. The number of hydrogen-bond donors (Lipinski definition) is 1. The lowest BCUT2D eigenvalue weighted by Crippen LogP contribution is -2.41. The molecular formula is C33H43N3O2S. The number of thiazole rings is 1. The van der Waals surface area contributed by atoms with Crippen LogP contribution in [-0.2, 0) is 12.8 Å². The van der Waals surface area contributed by atoms with E-state index in [1.165, 1.54) is 68.6 Å². The predicted molar refractivity (Wildman–Crippen MR) is 162 cm³/mol. The van der Waals surface area contributed by atoms with Gasteiger partial charge in [0.1, 0.15) is 5.75 Å². The Morgan fingerprint density at radius 1 is 0.974 bits per heavy atom. The Morgan fingerprint density at radius 2 is 1.64 bits per heavy atom. The van der Waals surface area contributed by atoms with Crippen molar-refractivity contribution in [2.45, 2.75) is 77.2 Å². The summed E-state index contributed by atoms with van der Waals surface area (Å²) < 4.78 is 5.25. The Kier molecular flexibility index (Phi) is 9.36. The molecule has 2 aromatic carbocycles. The van der Waals surface area contributed by atoms with Gasteiger partial charge < -0.3 is 15.4 Å². The molecule has 0 radical (unpaired) electrons. The number of methoxy groups -OCH3 is 1. The van der Waals surface area contributed by atoms with Crippen LogP contribution >= 0.6 is 11.3 Å². The van der Waals surface area contributed by atoms with E-state index in [0.717, 1.165) is 46.3 Å². The van der Waals surface area contributed by atoms with E-state index in [0.29, 0.717) is 18.4 Å². The zero-order valence-electron chi connectivity index (χ0n) is 23.5. The highest BCUT2D eigenvalue weighted by Crippen LogP contribution is 2.35. The van der Waals surface area contributed by atoms with Crippen molar-refractivity contribution in [2.24, 2.45) is 11.8 Å². The van der Waals surface area contributed by atoms with Gasteiger partial charge in [0, 0.05) is 22.9 Å². The Balaban J connectivity index is 1.07. The summed E-state index contributed by atoms with van der Waals surface area (Å²) in [6.45, 7) is 4.66. The number of nitrogens with zero attached hydrogens (tertiary/aromatic N) is 2. The molecule has 1 atom stereocenters. The number of hydrogen-bond acceptors (Lipinski definition) is 6. The van der Waals surface area contributed by atoms with E-state index in [1.807, 2.05) is 24.3 Å². The van der Waals surface area contributed by atoms with Gasteiger partial charge in [-0.3, -0.25) is 4.79 Å². The zero-order chi connectivity index (χ0) is 27.2. The average Bonchev–Trinajstić information content (AvgIpc) is 3.35. The van der Waals surface area contributed by atoms with Gasteiger partial charge in [-0.05, 0) is 93.1 Å². The van der Waals surface area contributed by atoms with Gasteiger partial charge in [-0.1, -0.05) is 56.2 Å². The molecular weight excluding hydrogens is 502 g/mol. The van der Waals surface area contributed by atoms with Crippen LogP contribution in [0.1, 0.15) is 79.2 Å². The molecule has 2 N–H and O–H groups in total. The Morgan fingerprint density at radius 3 is 2.31 bits per heavy atom. The molecule has 1 aromatic heterocycles. The van der Waals surface area contributed by atoms with Crippen LogP contribution in [0.5, 0.6) is 5.75 Å². The van der Waals surface area contributed by atoms with Crippen LogP contribution in [0.3, 0.4) is 0 Å². The molecule has 6 heteroatoms. The van der Waals surface area contributed by atoms with Gasteiger partial charge >= 0.3 is 0 Å². The highest BCUT2D eigenvalue weighted by Gasteiger charge is 2.28. The number of benzene rings is 2. The van der Waals surface area contributed by atoms with Gasteiger partial charge in [-0.2, -0.15) is 0 Å². The number of ketones is 1. The van der Waals surface area contributed by atoms with E-state index < -0.39 is 0 Å². The second kappa shape index (κ2) is 13.1. The second-order valence-electron chi connectivity index (χ2n) is 11.5. The number of carbonyl (C=O) groups excluding carboxylic acids is 1. The van der Waals surface area contributed by atoms with E-state index >= 15 is 0 Å². The number of ether oxygens (including phenoxy) is 1. The van der Waals surface area contributed by atoms with Crippen LogP contribution in [0.4, 0.5) is 5.13 Å². The summed E-state index contributed by atoms with van der Waals surface area (Å²) in [6.07, 6.45) is 11.4. The predicted octanol–water partition coefficient (Wildman–Crippen LogP) is 7.44. The van der Waals surface area contributed by atoms with Crippen LogP contribution in [0.25, 0.3) is 11.1 Å². The first-order valence-corrected chi connectivity index (χ1v) is 15.6. The minimum Gasteiger partial charge on any atom is -0.497 e. The number of carbonyl (C=O) groups is 1. The minimum absolute atomic E-state index is 0.286. The van der Waals surface area contributed by atoms with Crippen molar-refractivity contribution in [2.75, 3.05) is 25.9 Å². The lowest BCUT2D eigenvalue weighted by atomic mass is 9.78. The summed E-state index contributed by atoms with van der Waals surface area (Å²) in [7, 11) is 1.68. The lowest BCUT2D eigenvalue weighted by Gasteiger charge is -2.36. The van der Waals surface area contributed by atoms with Crippen molar-refractivity contribution in [3.8, 4) is 16.9 Å². The lowest BCUT2D eigenvalue weighted by molar-refractivity contribution is 0.0937. The molecule has 39 heavy (non-hydrogen) atoms. The Bertz CT molecular complexity index is 1210. The fourth-order valence-electron chi connectivity index (χ4n) is 6.54. The number of rotatable bonds is 11. The van der Waals surface area contributed by atoms with Gasteiger partial charge in [0.25, 0.3) is 0 Å². The monoisotopic (exact) mass is 545 g/mol. The SMILES string of the molecule is CCCN(CCC1CCC(CC(=O)c2ccc(-c3ccc(OC)cc3)cc2)CC1)[C@H]1CCc2nc(N)sc2C1. The van der Waals surface area contributed by atoms with E-state index in [1.54, 1.807) is 18.4 Å². The van der Waals surface area contributed by atoms with E-state index in [-0.39, 0.29) is 5.78 Å². The van der Waals surface area contributed by atoms with Crippen molar-refractivity contribution in [1.82, 2.24) is 9.88 Å². The molecule has 0 bridgehead atoms. The minimum atomic E-state index is 0.286. The topological polar surface area (TPSA) is 68.5 Å². The largest absolute Gasteiger partial charge is 0.497 e. The third kappa shape index (κ3) is 7.09. The van der Waals surface area contributed by atoms with Crippen molar-refractivity contribution in [3.05, 3.63) is 64.7 Å². The number of aromatic nitrogens is 1. The Labute approximate surface area is 237 Å². The third-order valence-corrected chi connectivity index (χ3v) is 9.80. The molecule has 1 fully saturated rings. The first kappa shape index (κ1) is 27.9. The number of Topliss-reactive ketones (excluding diaryl/α,β-unsaturated/α-hetero) is 1. The fourth-order valence-corrected chi connectivity index (χ4v) is 7.49. The summed E-state index contributed by atoms with van der Waals surface area (Å²) in [5.74, 6) is 2.45. The van der Waals surface area contributed by atoms with Crippen LogP contribution in [0.15, 0.2) is 48.5 Å². The van der Waals surface area contributed by atoms with Crippen molar-refractivity contribution < 1.29 is 9.53 Å². The smallest absolute Gasteiger partial charge is 0.180 e. The molecule has 3 aromatic rings. The van der Waals surface area contributed by atoms with Crippen LogP contribution in [0, 0.1) is 11.8 Å². The number of anilines is 1. The quantitative estimate of drug-likeness (QED) is 0.254. The molecule has 1 saturated carbocycles. The summed E-state index contributed by atoms with van der Waals surface area (Å²) in [5.41, 5.74) is 10.3. The summed E-state index contributed by atoms with van der Waals surface area (Å²) >= 11 is 1.69. The molecule has 0 unspecified atom stereocenters. The van der Waals surface area contributed by atoms with Gasteiger partial charge in [0.05, 0.1) is 12.8 Å². The highest BCUT2D eigenvalue weighted by atomic mass is 32.1. The number of aryl methyl sites for hydroxylation is 1. The van der Waals surface area contributed by atoms with E-state index in [9.17, 15) is 4.79 Å². The second-order valence-corrected chi connectivity index (χ2v) is 12.6. The molecule has 0 amide bonds. The number of nitrogen functional groups attached to an aromatic ring is 1. The Hall–Kier alpha value is -2.70. The molecule has 0 saturated heterocycles. The molecule has 208 valence electrons. The van der Waals surface area contributed by atoms with Gasteiger partial charge in [0.15, 0.2) is 10.9 Å².